The van der Waals surface area contributed by atoms with Crippen molar-refractivity contribution in [3.8, 4) is 5.82 Å². The van der Waals surface area contributed by atoms with E-state index < -0.39 is 5.60 Å². The lowest BCUT2D eigenvalue weighted by Crippen LogP contribution is -2.50. The van der Waals surface area contributed by atoms with Gasteiger partial charge in [0, 0.05) is 48.1 Å². The normalized spacial score (nSPS) is 26.5. The summed E-state index contributed by atoms with van der Waals surface area (Å²) in [6.45, 7) is 4.70. The van der Waals surface area contributed by atoms with Crippen molar-refractivity contribution in [1.29, 1.82) is 0 Å². The maximum Gasteiger partial charge on any atom is 0.159 e. The molecule has 4 heterocycles. The van der Waals surface area contributed by atoms with Crippen LogP contribution in [0.25, 0.3) is 16.7 Å². The van der Waals surface area contributed by atoms with E-state index in [1.54, 1.807) is 6.33 Å². The smallest absolute Gasteiger partial charge is 0.159 e. The molecule has 4 fully saturated rings. The highest BCUT2D eigenvalue weighted by molar-refractivity contribution is 5.84. The minimum atomic E-state index is -0.679. The Balaban J connectivity index is 1.36. The van der Waals surface area contributed by atoms with Gasteiger partial charge in [-0.1, -0.05) is 18.6 Å². The van der Waals surface area contributed by atoms with Crippen molar-refractivity contribution < 1.29 is 5.11 Å². The average Bonchev–Trinajstić information content (AvgIpc) is 3.41. The van der Waals surface area contributed by atoms with Crippen LogP contribution in [0.2, 0.25) is 0 Å². The number of aromatic nitrogens is 4. The van der Waals surface area contributed by atoms with E-state index in [0.29, 0.717) is 6.04 Å². The zero-order chi connectivity index (χ0) is 22.1. The second-order valence-corrected chi connectivity index (χ2v) is 10.5. The summed E-state index contributed by atoms with van der Waals surface area (Å²) in [5.74, 6) is 1.69. The van der Waals surface area contributed by atoms with Crippen molar-refractivity contribution in [3.63, 3.8) is 0 Å². The third kappa shape index (κ3) is 2.70. The van der Waals surface area contributed by atoms with E-state index in [9.17, 15) is 5.11 Å². The first-order chi connectivity index (χ1) is 15.3. The molecule has 2 bridgehead atoms. The van der Waals surface area contributed by atoms with E-state index in [-0.39, 0.29) is 10.8 Å². The van der Waals surface area contributed by atoms with E-state index >= 15 is 0 Å². The number of aliphatic imine (C=N–C) groups is 1. The zero-order valence-electron chi connectivity index (χ0n) is 19.0. The average molecular weight is 431 g/mol. The first-order valence-corrected chi connectivity index (χ1v) is 11.6. The fourth-order valence-electron chi connectivity index (χ4n) is 6.03. The SMILES string of the molecule is C/N=C\C1(c2ccc3cnn(-c4cc(N5CC6(C(C)(C)O)CC5C6)ncn4)c3c2)CCC1. The van der Waals surface area contributed by atoms with Crippen LogP contribution in [0.1, 0.15) is 51.5 Å². The molecule has 7 heteroatoms. The van der Waals surface area contributed by atoms with Gasteiger partial charge in [0.25, 0.3) is 0 Å². The number of rotatable bonds is 5. The topological polar surface area (TPSA) is 79.4 Å². The Bertz CT molecular complexity index is 1210. The summed E-state index contributed by atoms with van der Waals surface area (Å²) in [4.78, 5) is 15.8. The van der Waals surface area contributed by atoms with E-state index in [0.717, 1.165) is 54.8 Å². The van der Waals surface area contributed by atoms with E-state index in [1.165, 1.54) is 12.0 Å². The molecule has 1 N–H and O–H groups in total. The molecule has 0 spiro atoms. The minimum Gasteiger partial charge on any atom is -0.390 e. The van der Waals surface area contributed by atoms with Crippen LogP contribution in [-0.4, -0.2) is 56.3 Å². The van der Waals surface area contributed by atoms with Gasteiger partial charge in [-0.15, -0.1) is 0 Å². The van der Waals surface area contributed by atoms with Crippen molar-refractivity contribution in [1.82, 2.24) is 19.7 Å². The molecular weight excluding hydrogens is 400 g/mol. The molecular formula is C25H30N6O. The highest BCUT2D eigenvalue weighted by Crippen LogP contribution is 2.58. The molecule has 2 aromatic heterocycles. The van der Waals surface area contributed by atoms with Gasteiger partial charge >= 0.3 is 0 Å². The Morgan fingerprint density at radius 1 is 1.16 bits per heavy atom. The molecule has 0 radical (unpaired) electrons. The number of aliphatic hydroxyl groups is 1. The van der Waals surface area contributed by atoms with Gasteiger partial charge in [0.2, 0.25) is 0 Å². The van der Waals surface area contributed by atoms with E-state index in [1.807, 2.05) is 37.8 Å². The van der Waals surface area contributed by atoms with Gasteiger partial charge in [0.05, 0.1) is 17.3 Å². The number of hydrogen-bond donors (Lipinski definition) is 1. The maximum atomic E-state index is 10.7. The standard InChI is InChI=1S/C25H30N6O/c1-23(2,32)25-11-19(12-25)30(15-25)21-10-22(28-16-27-21)31-20-9-18(6-5-17(20)13-29-31)24(14-26-3)7-4-8-24/h5-6,9-10,13-14,16,19,32H,4,7-8,11-12,15H2,1-3H3/b26-14-. The molecule has 2 aliphatic carbocycles. The quantitative estimate of drug-likeness (QED) is 0.625. The van der Waals surface area contributed by atoms with Crippen LogP contribution in [0.4, 0.5) is 5.82 Å². The maximum absolute atomic E-state index is 10.7. The van der Waals surface area contributed by atoms with Crippen LogP contribution >= 0.6 is 0 Å². The second kappa shape index (κ2) is 6.61. The summed E-state index contributed by atoms with van der Waals surface area (Å²) < 4.78 is 1.92. The summed E-state index contributed by atoms with van der Waals surface area (Å²) >= 11 is 0. The molecule has 3 aromatic rings. The van der Waals surface area contributed by atoms with Crippen molar-refractivity contribution in [2.24, 2.45) is 10.4 Å². The van der Waals surface area contributed by atoms with Gasteiger partial charge in [-0.2, -0.15) is 5.10 Å². The molecule has 2 saturated heterocycles. The van der Waals surface area contributed by atoms with Gasteiger partial charge in [-0.3, -0.25) is 4.99 Å². The third-order valence-corrected chi connectivity index (χ3v) is 8.38. The summed E-state index contributed by atoms with van der Waals surface area (Å²) in [6.07, 6.45) is 11.2. The molecule has 7 nitrogen and oxygen atoms in total. The molecule has 0 unspecified atom stereocenters. The van der Waals surface area contributed by atoms with Gasteiger partial charge in [0.15, 0.2) is 5.82 Å². The summed E-state index contributed by atoms with van der Waals surface area (Å²) in [7, 11) is 1.86. The molecule has 166 valence electrons. The third-order valence-electron chi connectivity index (χ3n) is 8.38. The second-order valence-electron chi connectivity index (χ2n) is 10.5. The molecule has 0 atom stereocenters. The van der Waals surface area contributed by atoms with Crippen LogP contribution in [0.3, 0.4) is 0 Å². The Kier molecular flexibility index (Phi) is 4.10. The fourth-order valence-corrected chi connectivity index (χ4v) is 6.03. The van der Waals surface area contributed by atoms with Crippen LogP contribution < -0.4 is 4.90 Å². The summed E-state index contributed by atoms with van der Waals surface area (Å²) in [6, 6.07) is 9.10. The lowest BCUT2D eigenvalue weighted by Gasteiger charge is -2.45. The number of fused-ring (bicyclic) bond motifs is 2. The molecule has 2 aliphatic heterocycles. The molecule has 32 heavy (non-hydrogen) atoms. The lowest BCUT2D eigenvalue weighted by molar-refractivity contribution is -0.0754. The van der Waals surface area contributed by atoms with Gasteiger partial charge < -0.3 is 10.0 Å². The molecule has 2 saturated carbocycles. The highest BCUT2D eigenvalue weighted by atomic mass is 16.3. The Morgan fingerprint density at radius 2 is 1.94 bits per heavy atom. The fraction of sp³-hybridized carbons (Fsp3) is 0.520. The number of benzene rings is 1. The van der Waals surface area contributed by atoms with Gasteiger partial charge in [0.1, 0.15) is 12.1 Å². The van der Waals surface area contributed by atoms with Crippen LogP contribution in [0.15, 0.2) is 41.8 Å². The largest absolute Gasteiger partial charge is 0.390 e. The Hall–Kier alpha value is -2.80. The summed E-state index contributed by atoms with van der Waals surface area (Å²) in [5.41, 5.74) is 1.69. The monoisotopic (exact) mass is 430 g/mol. The number of nitrogens with zero attached hydrogens (tertiary/aromatic N) is 6. The van der Waals surface area contributed by atoms with Crippen molar-refractivity contribution in [3.05, 3.63) is 42.4 Å². The van der Waals surface area contributed by atoms with Crippen LogP contribution in [0.5, 0.6) is 0 Å². The molecule has 0 amide bonds. The zero-order valence-corrected chi connectivity index (χ0v) is 19.0. The number of anilines is 1. The Morgan fingerprint density at radius 3 is 2.59 bits per heavy atom. The first kappa shape index (κ1) is 19.9. The van der Waals surface area contributed by atoms with E-state index in [4.69, 9.17) is 0 Å². The molecule has 7 rings (SSSR count). The highest BCUT2D eigenvalue weighted by Gasteiger charge is 2.62. The van der Waals surface area contributed by atoms with Gasteiger partial charge in [-0.05, 0) is 51.2 Å². The number of hydrogen-bond acceptors (Lipinski definition) is 6. The Labute approximate surface area is 188 Å². The van der Waals surface area contributed by atoms with Crippen molar-refractivity contribution >= 4 is 22.9 Å². The molecule has 1 aromatic carbocycles. The molecule has 4 aliphatic rings. The lowest BCUT2D eigenvalue weighted by atomic mass is 9.61. The summed E-state index contributed by atoms with van der Waals surface area (Å²) in [5, 5.41) is 16.4. The van der Waals surface area contributed by atoms with Crippen LogP contribution in [-0.2, 0) is 5.41 Å². The van der Waals surface area contributed by atoms with Gasteiger partial charge in [-0.25, -0.2) is 14.6 Å². The van der Waals surface area contributed by atoms with Crippen molar-refractivity contribution in [2.75, 3.05) is 18.5 Å². The van der Waals surface area contributed by atoms with Crippen LogP contribution in [0, 0.1) is 5.41 Å². The van der Waals surface area contributed by atoms with E-state index in [2.05, 4.69) is 49.4 Å². The predicted octanol–water partition coefficient (Wildman–Crippen LogP) is 3.68. The van der Waals surface area contributed by atoms with Crippen molar-refractivity contribution in [2.45, 2.75) is 63.0 Å². The minimum absolute atomic E-state index is 0.0337. The predicted molar refractivity (Wildman–Crippen MR) is 126 cm³/mol. The first-order valence-electron chi connectivity index (χ1n) is 11.6.